The van der Waals surface area contributed by atoms with E-state index in [1.807, 2.05) is 6.92 Å². The number of fused-ring (bicyclic) bond motifs is 1. The van der Waals surface area contributed by atoms with Gasteiger partial charge in [-0.3, -0.25) is 4.55 Å². The molecular weight excluding hydrogens is 264 g/mol. The summed E-state index contributed by atoms with van der Waals surface area (Å²) in [6.45, 7) is 2.93. The Kier molecular flexibility index (Phi) is 3.90. The topological polar surface area (TPSA) is 90.2 Å². The van der Waals surface area contributed by atoms with Crippen molar-refractivity contribution in [2.24, 2.45) is 11.8 Å². The van der Waals surface area contributed by atoms with E-state index in [1.54, 1.807) is 12.1 Å². The molecule has 1 saturated heterocycles. The summed E-state index contributed by atoms with van der Waals surface area (Å²) in [7, 11) is -4.02. The number of rotatable bonds is 1. The maximum Gasteiger partial charge on any atom is 0.294 e. The standard InChI is InChI=1S/C7H8O3S.C6H8N2/c1-6-2-4-7(5-3-6)11(8,9)10;7-2-6-5-1-4(5)3-8-6/h2-5H,1H3,(H,8,9,10);4-6,8H,1,3H2/t;4-,5-,6-/m.1/s1. The predicted molar refractivity (Wildman–Crippen MR) is 70.0 cm³/mol. The Hall–Kier alpha value is -1.42. The third-order valence-corrected chi connectivity index (χ3v) is 4.33. The summed E-state index contributed by atoms with van der Waals surface area (Å²) in [6.07, 6.45) is 1.30. The molecule has 5 nitrogen and oxygen atoms in total. The van der Waals surface area contributed by atoms with Gasteiger partial charge in [0.05, 0.1) is 17.0 Å². The highest BCUT2D eigenvalue weighted by atomic mass is 32.2. The Morgan fingerprint density at radius 2 is 2.00 bits per heavy atom. The minimum atomic E-state index is -4.02. The van der Waals surface area contributed by atoms with E-state index in [-0.39, 0.29) is 10.9 Å². The molecule has 0 spiro atoms. The van der Waals surface area contributed by atoms with E-state index in [2.05, 4.69) is 11.4 Å². The van der Waals surface area contributed by atoms with Crippen molar-refractivity contribution in [3.8, 4) is 6.07 Å². The van der Waals surface area contributed by atoms with Crippen molar-refractivity contribution >= 4 is 10.1 Å². The Morgan fingerprint density at radius 1 is 1.37 bits per heavy atom. The molecule has 102 valence electrons. The largest absolute Gasteiger partial charge is 0.301 e. The SMILES string of the molecule is Cc1ccc(S(=O)(=O)O)cc1.N#C[C@H]1NC[C@H]2C[C@H]21. The van der Waals surface area contributed by atoms with Gasteiger partial charge in [-0.1, -0.05) is 17.7 Å². The second-order valence-corrected chi connectivity index (χ2v) is 6.38. The highest BCUT2D eigenvalue weighted by Gasteiger charge is 2.48. The first-order valence-electron chi connectivity index (χ1n) is 6.09. The van der Waals surface area contributed by atoms with Gasteiger partial charge in [-0.05, 0) is 43.9 Å². The maximum atomic E-state index is 10.5. The molecule has 0 radical (unpaired) electrons. The van der Waals surface area contributed by atoms with Crippen LogP contribution in [0.5, 0.6) is 0 Å². The van der Waals surface area contributed by atoms with Crippen LogP contribution in [0.15, 0.2) is 29.2 Å². The zero-order valence-corrected chi connectivity index (χ0v) is 11.4. The van der Waals surface area contributed by atoms with E-state index in [1.165, 1.54) is 18.6 Å². The van der Waals surface area contributed by atoms with Crippen LogP contribution in [0.1, 0.15) is 12.0 Å². The summed E-state index contributed by atoms with van der Waals surface area (Å²) in [5, 5.41) is 11.6. The van der Waals surface area contributed by atoms with E-state index in [0.29, 0.717) is 0 Å². The average Bonchev–Trinajstić information content (AvgIpc) is 3.02. The zero-order chi connectivity index (χ0) is 14.0. The van der Waals surface area contributed by atoms with Crippen LogP contribution in [0.3, 0.4) is 0 Å². The van der Waals surface area contributed by atoms with Crippen LogP contribution in [0.4, 0.5) is 0 Å². The lowest BCUT2D eigenvalue weighted by Gasteiger charge is -1.98. The summed E-state index contributed by atoms with van der Waals surface area (Å²) in [5.74, 6) is 1.58. The lowest BCUT2D eigenvalue weighted by Crippen LogP contribution is -2.23. The minimum Gasteiger partial charge on any atom is -0.301 e. The van der Waals surface area contributed by atoms with E-state index in [4.69, 9.17) is 9.81 Å². The molecule has 0 aromatic heterocycles. The molecule has 1 heterocycles. The molecule has 1 aromatic carbocycles. The first-order valence-corrected chi connectivity index (χ1v) is 7.53. The van der Waals surface area contributed by atoms with Crippen molar-refractivity contribution in [1.29, 1.82) is 5.26 Å². The maximum absolute atomic E-state index is 10.5. The van der Waals surface area contributed by atoms with Crippen LogP contribution in [-0.4, -0.2) is 25.6 Å². The minimum absolute atomic E-state index is 0.0666. The van der Waals surface area contributed by atoms with Gasteiger partial charge in [0, 0.05) is 0 Å². The van der Waals surface area contributed by atoms with E-state index >= 15 is 0 Å². The molecule has 1 aliphatic heterocycles. The third-order valence-electron chi connectivity index (χ3n) is 3.46. The zero-order valence-electron chi connectivity index (χ0n) is 10.6. The molecule has 1 saturated carbocycles. The van der Waals surface area contributed by atoms with Gasteiger partial charge in [0.25, 0.3) is 10.1 Å². The molecule has 0 unspecified atom stereocenters. The van der Waals surface area contributed by atoms with Crippen LogP contribution < -0.4 is 5.32 Å². The number of piperidine rings is 1. The predicted octanol–water partition coefficient (Wildman–Crippen LogP) is 1.36. The lowest BCUT2D eigenvalue weighted by molar-refractivity contribution is 0.483. The van der Waals surface area contributed by atoms with Crippen LogP contribution in [0.2, 0.25) is 0 Å². The van der Waals surface area contributed by atoms with Gasteiger partial charge >= 0.3 is 0 Å². The van der Waals surface area contributed by atoms with E-state index < -0.39 is 10.1 Å². The summed E-state index contributed by atoms with van der Waals surface area (Å²) in [6, 6.07) is 8.43. The molecule has 1 aliphatic carbocycles. The van der Waals surface area contributed by atoms with Crippen molar-refractivity contribution in [2.75, 3.05) is 6.54 Å². The summed E-state index contributed by atoms with van der Waals surface area (Å²) in [5.41, 5.74) is 0.956. The normalized spacial score (nSPS) is 27.7. The van der Waals surface area contributed by atoms with Gasteiger partial charge in [0.2, 0.25) is 0 Å². The number of hydrogen-bond donors (Lipinski definition) is 2. The van der Waals surface area contributed by atoms with Gasteiger partial charge < -0.3 is 5.32 Å². The fourth-order valence-corrected chi connectivity index (χ4v) is 2.68. The fraction of sp³-hybridized carbons (Fsp3) is 0.462. The van der Waals surface area contributed by atoms with E-state index in [0.717, 1.165) is 23.9 Å². The van der Waals surface area contributed by atoms with Crippen molar-refractivity contribution < 1.29 is 13.0 Å². The number of hydrogen-bond acceptors (Lipinski definition) is 4. The Morgan fingerprint density at radius 3 is 2.32 bits per heavy atom. The second-order valence-electron chi connectivity index (χ2n) is 4.96. The van der Waals surface area contributed by atoms with Gasteiger partial charge in [0.15, 0.2) is 0 Å². The number of nitriles is 1. The van der Waals surface area contributed by atoms with Gasteiger partial charge in [-0.2, -0.15) is 13.7 Å². The molecule has 3 atom stereocenters. The van der Waals surface area contributed by atoms with Crippen molar-refractivity contribution in [3.05, 3.63) is 29.8 Å². The van der Waals surface area contributed by atoms with Crippen LogP contribution in [0, 0.1) is 30.1 Å². The smallest absolute Gasteiger partial charge is 0.294 e. The average molecular weight is 280 g/mol. The van der Waals surface area contributed by atoms with Crippen LogP contribution >= 0.6 is 0 Å². The molecule has 6 heteroatoms. The molecule has 19 heavy (non-hydrogen) atoms. The summed E-state index contributed by atoms with van der Waals surface area (Å²) in [4.78, 5) is -0.0666. The van der Waals surface area contributed by atoms with Crippen molar-refractivity contribution in [1.82, 2.24) is 5.32 Å². The van der Waals surface area contributed by atoms with Crippen molar-refractivity contribution in [3.63, 3.8) is 0 Å². The highest BCUT2D eigenvalue weighted by molar-refractivity contribution is 7.85. The third kappa shape index (κ3) is 3.53. The quantitative estimate of drug-likeness (QED) is 0.758. The number of aryl methyl sites for hydroxylation is 1. The number of nitrogens with zero attached hydrogens (tertiary/aromatic N) is 1. The Balaban J connectivity index is 0.000000146. The molecule has 2 aliphatic rings. The molecule has 2 fully saturated rings. The first-order chi connectivity index (χ1) is 8.91. The molecule has 2 N–H and O–H groups in total. The number of benzene rings is 1. The molecule has 3 rings (SSSR count). The highest BCUT2D eigenvalue weighted by Crippen LogP contribution is 2.44. The second kappa shape index (κ2) is 5.29. The summed E-state index contributed by atoms with van der Waals surface area (Å²) < 4.78 is 29.6. The lowest BCUT2D eigenvalue weighted by atomic mass is 10.2. The Bertz CT molecular complexity index is 589. The van der Waals surface area contributed by atoms with E-state index in [9.17, 15) is 8.42 Å². The van der Waals surface area contributed by atoms with Crippen LogP contribution in [0.25, 0.3) is 0 Å². The number of nitrogens with one attached hydrogen (secondary N) is 1. The Labute approximate surface area is 113 Å². The molecular formula is C13H16N2O3S. The van der Waals surface area contributed by atoms with Gasteiger partial charge in [-0.25, -0.2) is 0 Å². The monoisotopic (exact) mass is 280 g/mol. The molecule has 0 bridgehead atoms. The van der Waals surface area contributed by atoms with Gasteiger partial charge in [-0.15, -0.1) is 0 Å². The fourth-order valence-electron chi connectivity index (χ4n) is 2.20. The first kappa shape index (κ1) is 14.0. The summed E-state index contributed by atoms with van der Waals surface area (Å²) >= 11 is 0. The van der Waals surface area contributed by atoms with Crippen molar-refractivity contribution in [2.45, 2.75) is 24.3 Å². The van der Waals surface area contributed by atoms with Gasteiger partial charge in [0.1, 0.15) is 0 Å². The van der Waals surface area contributed by atoms with Crippen LogP contribution in [-0.2, 0) is 10.1 Å². The molecule has 1 aromatic rings. The molecule has 0 amide bonds.